The highest BCUT2D eigenvalue weighted by Gasteiger charge is 2.08. The minimum absolute atomic E-state index is 0.367. The van der Waals surface area contributed by atoms with Crippen molar-refractivity contribution in [3.63, 3.8) is 0 Å². The zero-order valence-corrected chi connectivity index (χ0v) is 9.96. The predicted octanol–water partition coefficient (Wildman–Crippen LogP) is 2.43. The van der Waals surface area contributed by atoms with Gasteiger partial charge in [0.15, 0.2) is 0 Å². The van der Waals surface area contributed by atoms with Crippen molar-refractivity contribution in [3.05, 3.63) is 16.5 Å². The van der Waals surface area contributed by atoms with Crippen LogP contribution in [0.3, 0.4) is 0 Å². The van der Waals surface area contributed by atoms with E-state index in [0.717, 1.165) is 16.1 Å². The summed E-state index contributed by atoms with van der Waals surface area (Å²) in [5.74, 6) is 2.18. The van der Waals surface area contributed by atoms with Gasteiger partial charge < -0.3 is 4.90 Å². The summed E-state index contributed by atoms with van der Waals surface area (Å²) in [4.78, 5) is 10.6. The molecule has 0 fully saturated rings. The van der Waals surface area contributed by atoms with Gasteiger partial charge in [-0.15, -0.1) is 0 Å². The van der Waals surface area contributed by atoms with Gasteiger partial charge in [-0.25, -0.2) is 9.97 Å². The largest absolute Gasteiger partial charge is 0.362 e. The van der Waals surface area contributed by atoms with Gasteiger partial charge in [-0.1, -0.05) is 13.8 Å². The van der Waals surface area contributed by atoms with Crippen molar-refractivity contribution < 1.29 is 0 Å². The second kappa shape index (κ2) is 4.05. The highest BCUT2D eigenvalue weighted by atomic mass is 79.9. The second-order valence-electron chi connectivity index (χ2n) is 3.45. The molecule has 3 nitrogen and oxygen atoms in total. The summed E-state index contributed by atoms with van der Waals surface area (Å²) in [7, 11) is 3.94. The van der Waals surface area contributed by atoms with Crippen LogP contribution in [0.2, 0.25) is 0 Å². The maximum Gasteiger partial charge on any atom is 0.146 e. The lowest BCUT2D eigenvalue weighted by Gasteiger charge is -2.14. The van der Waals surface area contributed by atoms with Crippen LogP contribution >= 0.6 is 15.9 Å². The first-order chi connectivity index (χ1) is 6.02. The fourth-order valence-electron chi connectivity index (χ4n) is 0.963. The minimum atomic E-state index is 0.367. The van der Waals surface area contributed by atoms with E-state index in [1.807, 2.05) is 19.0 Å². The molecular weight excluding hydrogens is 230 g/mol. The molecule has 72 valence electrons. The van der Waals surface area contributed by atoms with Gasteiger partial charge >= 0.3 is 0 Å². The molecule has 0 atom stereocenters. The fraction of sp³-hybridized carbons (Fsp3) is 0.556. The SMILES string of the molecule is CC(C)c1ncc(Br)c(N(C)C)n1. The summed E-state index contributed by atoms with van der Waals surface area (Å²) in [6.07, 6.45) is 1.80. The number of anilines is 1. The topological polar surface area (TPSA) is 29.0 Å². The molecular formula is C9H14BrN3. The third-order valence-electron chi connectivity index (χ3n) is 1.68. The first-order valence-corrected chi connectivity index (χ1v) is 5.01. The Kier molecular flexibility index (Phi) is 3.25. The molecule has 0 spiro atoms. The average molecular weight is 244 g/mol. The van der Waals surface area contributed by atoms with Gasteiger partial charge in [0.25, 0.3) is 0 Å². The highest BCUT2D eigenvalue weighted by molar-refractivity contribution is 9.10. The van der Waals surface area contributed by atoms with Crippen LogP contribution in [-0.2, 0) is 0 Å². The van der Waals surface area contributed by atoms with E-state index in [4.69, 9.17) is 0 Å². The van der Waals surface area contributed by atoms with Crippen LogP contribution in [0.25, 0.3) is 0 Å². The Morgan fingerprint density at radius 1 is 1.38 bits per heavy atom. The summed E-state index contributed by atoms with van der Waals surface area (Å²) < 4.78 is 0.932. The van der Waals surface area contributed by atoms with E-state index in [0.29, 0.717) is 5.92 Å². The molecule has 0 saturated heterocycles. The molecule has 4 heteroatoms. The molecule has 0 unspecified atom stereocenters. The van der Waals surface area contributed by atoms with Crippen LogP contribution in [0.5, 0.6) is 0 Å². The Hall–Kier alpha value is -0.640. The number of hydrogen-bond donors (Lipinski definition) is 0. The molecule has 13 heavy (non-hydrogen) atoms. The maximum absolute atomic E-state index is 4.44. The molecule has 0 N–H and O–H groups in total. The van der Waals surface area contributed by atoms with Crippen molar-refractivity contribution in [1.29, 1.82) is 0 Å². The van der Waals surface area contributed by atoms with Crippen LogP contribution in [0, 0.1) is 0 Å². The molecule has 0 aliphatic carbocycles. The lowest BCUT2D eigenvalue weighted by Crippen LogP contribution is -2.13. The molecule has 0 bridgehead atoms. The van der Waals surface area contributed by atoms with Gasteiger partial charge in [0.2, 0.25) is 0 Å². The quantitative estimate of drug-likeness (QED) is 0.800. The Balaban J connectivity index is 3.11. The van der Waals surface area contributed by atoms with Crippen LogP contribution in [0.15, 0.2) is 10.7 Å². The Morgan fingerprint density at radius 2 is 2.00 bits per heavy atom. The predicted molar refractivity (Wildman–Crippen MR) is 58.1 cm³/mol. The van der Waals surface area contributed by atoms with Gasteiger partial charge in [0.05, 0.1) is 4.47 Å². The number of aromatic nitrogens is 2. The molecule has 0 aromatic carbocycles. The molecule has 0 amide bonds. The maximum atomic E-state index is 4.44. The Bertz CT molecular complexity index is 297. The molecule has 1 heterocycles. The normalized spacial score (nSPS) is 10.6. The third-order valence-corrected chi connectivity index (χ3v) is 2.24. The lowest BCUT2D eigenvalue weighted by atomic mass is 10.2. The van der Waals surface area contributed by atoms with Crippen LogP contribution in [0.4, 0.5) is 5.82 Å². The van der Waals surface area contributed by atoms with E-state index in [2.05, 4.69) is 39.7 Å². The zero-order valence-electron chi connectivity index (χ0n) is 8.37. The second-order valence-corrected chi connectivity index (χ2v) is 4.30. The van der Waals surface area contributed by atoms with E-state index >= 15 is 0 Å². The standard InChI is InChI=1S/C9H14BrN3/c1-6(2)8-11-5-7(10)9(12-8)13(3)4/h5-6H,1-4H3. The van der Waals surface area contributed by atoms with E-state index in [9.17, 15) is 0 Å². The first kappa shape index (κ1) is 10.4. The molecule has 1 aromatic heterocycles. The van der Waals surface area contributed by atoms with E-state index in [1.165, 1.54) is 0 Å². The summed E-state index contributed by atoms with van der Waals surface area (Å²) in [5, 5.41) is 0. The molecule has 0 radical (unpaired) electrons. The Morgan fingerprint density at radius 3 is 2.46 bits per heavy atom. The van der Waals surface area contributed by atoms with Crippen LogP contribution < -0.4 is 4.90 Å². The summed E-state index contributed by atoms with van der Waals surface area (Å²) in [6.45, 7) is 4.17. The van der Waals surface area contributed by atoms with Gasteiger partial charge in [0, 0.05) is 26.2 Å². The first-order valence-electron chi connectivity index (χ1n) is 4.22. The third kappa shape index (κ3) is 2.40. The molecule has 1 aromatic rings. The van der Waals surface area contributed by atoms with Gasteiger partial charge in [-0.3, -0.25) is 0 Å². The van der Waals surface area contributed by atoms with Gasteiger partial charge in [-0.05, 0) is 15.9 Å². The fourth-order valence-corrected chi connectivity index (χ4v) is 1.51. The van der Waals surface area contributed by atoms with Gasteiger partial charge in [0.1, 0.15) is 11.6 Å². The number of halogens is 1. The number of rotatable bonds is 2. The van der Waals surface area contributed by atoms with Gasteiger partial charge in [-0.2, -0.15) is 0 Å². The zero-order chi connectivity index (χ0) is 10.0. The van der Waals surface area contributed by atoms with Crippen molar-refractivity contribution in [2.75, 3.05) is 19.0 Å². The van der Waals surface area contributed by atoms with Crippen molar-refractivity contribution in [2.24, 2.45) is 0 Å². The van der Waals surface area contributed by atoms with E-state index in [-0.39, 0.29) is 0 Å². The number of hydrogen-bond acceptors (Lipinski definition) is 3. The minimum Gasteiger partial charge on any atom is -0.362 e. The van der Waals surface area contributed by atoms with Crippen LogP contribution in [-0.4, -0.2) is 24.1 Å². The summed E-state index contributed by atoms with van der Waals surface area (Å²) in [5.41, 5.74) is 0. The Labute approximate surface area is 87.3 Å². The smallest absolute Gasteiger partial charge is 0.146 e. The monoisotopic (exact) mass is 243 g/mol. The van der Waals surface area contributed by atoms with Crippen molar-refractivity contribution >= 4 is 21.7 Å². The molecule has 0 aliphatic rings. The summed E-state index contributed by atoms with van der Waals surface area (Å²) in [6, 6.07) is 0. The molecule has 0 aliphatic heterocycles. The van der Waals surface area contributed by atoms with Crippen molar-refractivity contribution in [3.8, 4) is 0 Å². The number of nitrogens with zero attached hydrogens (tertiary/aromatic N) is 3. The summed E-state index contributed by atoms with van der Waals surface area (Å²) >= 11 is 3.41. The van der Waals surface area contributed by atoms with Crippen molar-refractivity contribution in [2.45, 2.75) is 19.8 Å². The van der Waals surface area contributed by atoms with Crippen LogP contribution in [0.1, 0.15) is 25.6 Å². The van der Waals surface area contributed by atoms with E-state index < -0.39 is 0 Å². The lowest BCUT2D eigenvalue weighted by molar-refractivity contribution is 0.768. The average Bonchev–Trinajstić information content (AvgIpc) is 2.04. The molecule has 0 saturated carbocycles. The highest BCUT2D eigenvalue weighted by Crippen LogP contribution is 2.22. The molecule has 1 rings (SSSR count). The van der Waals surface area contributed by atoms with Crippen molar-refractivity contribution in [1.82, 2.24) is 9.97 Å². The van der Waals surface area contributed by atoms with E-state index in [1.54, 1.807) is 6.20 Å².